The third-order valence-electron chi connectivity index (χ3n) is 6.99. The Morgan fingerprint density at radius 3 is 2.81 bits per heavy atom. The Morgan fingerprint density at radius 2 is 2.03 bits per heavy atom. The van der Waals surface area contributed by atoms with Gasteiger partial charge in [-0.2, -0.15) is 0 Å². The first-order valence-electron chi connectivity index (χ1n) is 11.7. The molecular formula is C24H34N2O6. The Hall–Kier alpha value is -2.00. The molecule has 4 rings (SSSR count). The molecule has 32 heavy (non-hydrogen) atoms. The number of carbonyl (C=O) groups excluding carboxylic acids is 1. The Labute approximate surface area is 189 Å². The number of rotatable bonds is 8. The number of ether oxygens (including phenoxy) is 3. The second kappa shape index (κ2) is 10.7. The Balaban J connectivity index is 1.28. The maximum atomic E-state index is 11.9. The van der Waals surface area contributed by atoms with Gasteiger partial charge in [-0.15, -0.1) is 0 Å². The minimum Gasteiger partial charge on any atom is -0.480 e. The van der Waals surface area contributed by atoms with Crippen LogP contribution in [0.3, 0.4) is 0 Å². The van der Waals surface area contributed by atoms with Gasteiger partial charge in [0.15, 0.2) is 0 Å². The Bertz CT molecular complexity index is 790. The van der Waals surface area contributed by atoms with Gasteiger partial charge in [-0.1, -0.05) is 24.3 Å². The molecule has 2 saturated heterocycles. The quantitative estimate of drug-likeness (QED) is 0.561. The zero-order chi connectivity index (χ0) is 22.4. The number of carboxylic acid groups (broad SMARTS) is 1. The fourth-order valence-electron chi connectivity index (χ4n) is 5.35. The van der Waals surface area contributed by atoms with Crippen molar-refractivity contribution in [1.29, 1.82) is 0 Å². The number of nitrogens with one attached hydrogen (secondary N) is 2. The first-order chi connectivity index (χ1) is 15.6. The molecule has 1 spiro atoms. The van der Waals surface area contributed by atoms with E-state index in [4.69, 9.17) is 19.3 Å². The van der Waals surface area contributed by atoms with Crippen LogP contribution in [-0.4, -0.2) is 67.6 Å². The molecule has 2 unspecified atom stereocenters. The van der Waals surface area contributed by atoms with Gasteiger partial charge in [0.1, 0.15) is 13.2 Å². The largest absolute Gasteiger partial charge is 0.480 e. The highest BCUT2D eigenvalue weighted by atomic mass is 16.5. The van der Waals surface area contributed by atoms with Crippen molar-refractivity contribution in [3.05, 3.63) is 35.4 Å². The first kappa shape index (κ1) is 23.2. The van der Waals surface area contributed by atoms with E-state index in [1.807, 2.05) is 18.2 Å². The number of carboxylic acids is 1. The molecule has 1 saturated carbocycles. The summed E-state index contributed by atoms with van der Waals surface area (Å²) in [6.45, 7) is 2.21. The molecule has 3 fully saturated rings. The van der Waals surface area contributed by atoms with Crippen molar-refractivity contribution in [3.63, 3.8) is 0 Å². The van der Waals surface area contributed by atoms with Crippen molar-refractivity contribution in [1.82, 2.24) is 10.6 Å². The Kier molecular flexibility index (Phi) is 7.78. The molecule has 1 aliphatic carbocycles. The molecule has 2 heterocycles. The molecule has 0 aromatic heterocycles. The van der Waals surface area contributed by atoms with Crippen LogP contribution in [0.2, 0.25) is 0 Å². The molecule has 2 atom stereocenters. The van der Waals surface area contributed by atoms with Gasteiger partial charge < -0.3 is 30.0 Å². The van der Waals surface area contributed by atoms with Gasteiger partial charge in [-0.25, -0.2) is 4.79 Å². The third-order valence-corrected chi connectivity index (χ3v) is 6.99. The van der Waals surface area contributed by atoms with Gasteiger partial charge >= 0.3 is 5.97 Å². The zero-order valence-electron chi connectivity index (χ0n) is 18.5. The fourth-order valence-corrected chi connectivity index (χ4v) is 5.35. The number of carbonyl (C=O) groups is 2. The minimum absolute atomic E-state index is 0.0449. The highest BCUT2D eigenvalue weighted by Crippen LogP contribution is 2.36. The van der Waals surface area contributed by atoms with Crippen LogP contribution in [0.25, 0.3) is 0 Å². The number of piperidine rings is 1. The lowest BCUT2D eigenvalue weighted by molar-refractivity contribution is -0.142. The first-order valence-corrected chi connectivity index (χ1v) is 11.7. The number of aliphatic carboxylic acids is 1. The monoisotopic (exact) mass is 446 g/mol. The van der Waals surface area contributed by atoms with E-state index in [9.17, 15) is 9.59 Å². The van der Waals surface area contributed by atoms with Crippen molar-refractivity contribution in [2.45, 2.75) is 68.7 Å². The number of amides is 1. The highest BCUT2D eigenvalue weighted by molar-refractivity contribution is 5.79. The smallest absolute Gasteiger partial charge is 0.329 e. The van der Waals surface area contributed by atoms with Gasteiger partial charge in [0.25, 0.3) is 0 Å². The van der Waals surface area contributed by atoms with E-state index in [-0.39, 0.29) is 36.8 Å². The number of hydrogen-bond donors (Lipinski definition) is 3. The van der Waals surface area contributed by atoms with Crippen LogP contribution in [0, 0.1) is 0 Å². The summed E-state index contributed by atoms with van der Waals surface area (Å²) in [4.78, 5) is 22.7. The second-order valence-electron chi connectivity index (χ2n) is 9.20. The molecule has 1 aromatic carbocycles. The van der Waals surface area contributed by atoms with Crippen molar-refractivity contribution in [2.75, 3.05) is 33.0 Å². The fraction of sp³-hybridized carbons (Fsp3) is 0.667. The SMILES string of the molecule is O=C(O)COCc1ccccc1C1CCC(OCC2NCCCC23COCC(=O)N3)CC1. The highest BCUT2D eigenvalue weighted by Gasteiger charge is 2.45. The summed E-state index contributed by atoms with van der Waals surface area (Å²) in [5, 5.41) is 15.5. The van der Waals surface area contributed by atoms with E-state index in [1.165, 1.54) is 5.56 Å². The second-order valence-corrected chi connectivity index (χ2v) is 9.20. The van der Waals surface area contributed by atoms with E-state index in [1.54, 1.807) is 0 Å². The van der Waals surface area contributed by atoms with Crippen LogP contribution in [0.4, 0.5) is 0 Å². The summed E-state index contributed by atoms with van der Waals surface area (Å²) < 4.78 is 17.2. The van der Waals surface area contributed by atoms with Crippen molar-refractivity contribution >= 4 is 11.9 Å². The predicted octanol–water partition coefficient (Wildman–Crippen LogP) is 1.97. The minimum atomic E-state index is -0.950. The van der Waals surface area contributed by atoms with Gasteiger partial charge in [0.2, 0.25) is 5.91 Å². The molecule has 1 aromatic rings. The van der Waals surface area contributed by atoms with Crippen LogP contribution in [-0.2, 0) is 30.4 Å². The topological polar surface area (TPSA) is 106 Å². The van der Waals surface area contributed by atoms with E-state index in [2.05, 4.69) is 16.7 Å². The lowest BCUT2D eigenvalue weighted by Gasteiger charge is -2.47. The third kappa shape index (κ3) is 5.67. The summed E-state index contributed by atoms with van der Waals surface area (Å²) in [5.74, 6) is -0.560. The van der Waals surface area contributed by atoms with Crippen molar-refractivity contribution in [3.8, 4) is 0 Å². The summed E-state index contributed by atoms with van der Waals surface area (Å²) in [5.41, 5.74) is 1.96. The molecule has 3 aliphatic rings. The average Bonchev–Trinajstić information content (AvgIpc) is 2.79. The summed E-state index contributed by atoms with van der Waals surface area (Å²) in [6.07, 6.45) is 6.17. The van der Waals surface area contributed by atoms with Gasteiger partial charge in [-0.3, -0.25) is 4.79 Å². The van der Waals surface area contributed by atoms with Crippen LogP contribution >= 0.6 is 0 Å². The van der Waals surface area contributed by atoms with Crippen LogP contribution < -0.4 is 10.6 Å². The van der Waals surface area contributed by atoms with Crippen LogP contribution in [0.1, 0.15) is 55.6 Å². The molecule has 0 radical (unpaired) electrons. The van der Waals surface area contributed by atoms with Gasteiger partial charge in [-0.05, 0) is 62.1 Å². The molecule has 1 amide bonds. The summed E-state index contributed by atoms with van der Waals surface area (Å²) in [6, 6.07) is 8.22. The molecular weight excluding hydrogens is 412 g/mol. The average molecular weight is 447 g/mol. The summed E-state index contributed by atoms with van der Waals surface area (Å²) in [7, 11) is 0. The number of morpholine rings is 1. The molecule has 176 valence electrons. The zero-order valence-corrected chi connectivity index (χ0v) is 18.5. The predicted molar refractivity (Wildman–Crippen MR) is 117 cm³/mol. The van der Waals surface area contributed by atoms with Crippen molar-refractivity contribution in [2.24, 2.45) is 0 Å². The maximum Gasteiger partial charge on any atom is 0.329 e. The normalized spacial score (nSPS) is 30.8. The molecule has 8 nitrogen and oxygen atoms in total. The van der Waals surface area contributed by atoms with Gasteiger partial charge in [0.05, 0.1) is 37.5 Å². The van der Waals surface area contributed by atoms with E-state index in [0.717, 1.165) is 50.6 Å². The van der Waals surface area contributed by atoms with Crippen LogP contribution in [0.5, 0.6) is 0 Å². The van der Waals surface area contributed by atoms with E-state index < -0.39 is 5.97 Å². The molecule has 2 aliphatic heterocycles. The lowest BCUT2D eigenvalue weighted by Crippen LogP contribution is -2.70. The van der Waals surface area contributed by atoms with Crippen LogP contribution in [0.15, 0.2) is 24.3 Å². The van der Waals surface area contributed by atoms with E-state index in [0.29, 0.717) is 25.7 Å². The summed E-state index contributed by atoms with van der Waals surface area (Å²) >= 11 is 0. The van der Waals surface area contributed by atoms with E-state index >= 15 is 0 Å². The Morgan fingerprint density at radius 1 is 1.22 bits per heavy atom. The van der Waals surface area contributed by atoms with Crippen molar-refractivity contribution < 1.29 is 28.9 Å². The standard InChI is InChI=1S/C24H34N2O6/c27-22-14-31-16-24(26-22)10-3-11-25-21(24)13-32-19-8-6-17(7-9-19)20-5-2-1-4-18(20)12-30-15-23(28)29/h1-2,4-5,17,19,21,25H,3,6-16H2,(H,26,27)(H,28,29). The molecule has 8 heteroatoms. The number of hydrogen-bond acceptors (Lipinski definition) is 6. The maximum absolute atomic E-state index is 11.9. The molecule has 3 N–H and O–H groups in total. The lowest BCUT2D eigenvalue weighted by atomic mass is 9.80. The van der Waals surface area contributed by atoms with Gasteiger partial charge in [0, 0.05) is 0 Å². The number of benzene rings is 1. The molecule has 0 bridgehead atoms.